The number of aromatic nitrogens is 4. The molecule has 0 bridgehead atoms. The van der Waals surface area contributed by atoms with Gasteiger partial charge in [-0.3, -0.25) is 19.2 Å². The number of benzene rings is 9. The summed E-state index contributed by atoms with van der Waals surface area (Å²) in [4.78, 5) is 50.5. The number of nitrogens with zero attached hydrogens (tertiary/aromatic N) is 4. The number of hydrogen-bond donors (Lipinski definition) is 0. The van der Waals surface area contributed by atoms with Gasteiger partial charge in [-0.15, -0.1) is 0 Å². The van der Waals surface area contributed by atoms with Crippen LogP contribution >= 0.6 is 0 Å². The van der Waals surface area contributed by atoms with Crippen LogP contribution in [0.2, 0.25) is 19.6 Å². The van der Waals surface area contributed by atoms with Crippen LogP contribution in [0.5, 0.6) is 0 Å². The second-order valence-electron chi connectivity index (χ2n) is 25.8. The Morgan fingerprint density at radius 1 is 0.312 bits per heavy atom. The minimum atomic E-state index is -1.32. The van der Waals surface area contributed by atoms with Crippen LogP contribution in [0, 0.1) is 12.7 Å². The maximum Gasteiger partial charge on any atom is 0.213 e. The van der Waals surface area contributed by atoms with Crippen LogP contribution in [-0.2, 0) is 26.2 Å². The molecule has 0 atom stereocenters. The topological polar surface area (TPSA) is 83.8 Å². The lowest BCUT2D eigenvalue weighted by Crippen LogP contribution is -2.38. The van der Waals surface area contributed by atoms with E-state index in [-0.39, 0.29) is 29.0 Å². The second-order valence-corrected chi connectivity index (χ2v) is 30.9. The van der Waals surface area contributed by atoms with Gasteiger partial charge < -0.3 is 0 Å². The van der Waals surface area contributed by atoms with E-state index in [2.05, 4.69) is 137 Å². The van der Waals surface area contributed by atoms with Gasteiger partial charge in [-0.25, -0.2) is 4.39 Å². The van der Waals surface area contributed by atoms with Crippen molar-refractivity contribution in [3.05, 3.63) is 376 Å². The van der Waals surface area contributed by atoms with Crippen molar-refractivity contribution in [1.29, 1.82) is 0 Å². The molecular weight excluding hydrogens is 1200 g/mol. The summed E-state index contributed by atoms with van der Waals surface area (Å²) in [5, 5.41) is 1.49. The molecule has 8 nitrogen and oxygen atoms in total. The van der Waals surface area contributed by atoms with Crippen molar-refractivity contribution in [3.8, 4) is 56.2 Å². The highest BCUT2D eigenvalue weighted by molar-refractivity contribution is 6.88. The van der Waals surface area contributed by atoms with Crippen LogP contribution in [0.25, 0.3) is 56.2 Å². The van der Waals surface area contributed by atoms with Gasteiger partial charge in [0.15, 0.2) is 74.1 Å². The molecule has 0 saturated heterocycles. The van der Waals surface area contributed by atoms with Crippen molar-refractivity contribution < 1.29 is 41.8 Å². The highest BCUT2D eigenvalue weighted by Crippen LogP contribution is 2.34. The summed E-state index contributed by atoms with van der Waals surface area (Å²) >= 11 is 0. The molecule has 464 valence electrons. The molecule has 0 aliphatic carbocycles. The Hall–Kier alpha value is -11.6. The molecule has 8 heterocycles. The van der Waals surface area contributed by atoms with Crippen LogP contribution in [-0.4, -0.2) is 31.2 Å². The van der Waals surface area contributed by atoms with Crippen molar-refractivity contribution in [2.45, 2.75) is 52.7 Å². The van der Waals surface area contributed by atoms with Crippen LogP contribution in [0.4, 0.5) is 4.39 Å². The van der Waals surface area contributed by atoms with E-state index < -0.39 is 8.07 Å². The Labute approximate surface area is 559 Å². The summed E-state index contributed by atoms with van der Waals surface area (Å²) in [6.45, 7) is 12.3. The van der Waals surface area contributed by atoms with Crippen molar-refractivity contribution >= 4 is 36.4 Å². The van der Waals surface area contributed by atoms with Crippen LogP contribution in [0.15, 0.2) is 298 Å². The highest BCUT2D eigenvalue weighted by Gasteiger charge is 2.33. The van der Waals surface area contributed by atoms with Gasteiger partial charge in [0.1, 0.15) is 5.82 Å². The molecule has 0 unspecified atom stereocenters. The van der Waals surface area contributed by atoms with E-state index in [1.807, 2.05) is 187 Å². The first-order valence-electron chi connectivity index (χ1n) is 32.4. The third-order valence-electron chi connectivity index (χ3n) is 18.4. The quantitative estimate of drug-likeness (QED) is 0.0776. The summed E-state index contributed by atoms with van der Waals surface area (Å²) in [5.41, 5.74) is 23.8. The van der Waals surface area contributed by atoms with Crippen LogP contribution in [0.3, 0.4) is 0 Å². The first-order valence-corrected chi connectivity index (χ1v) is 35.9. The summed E-state index contributed by atoms with van der Waals surface area (Å²) in [6, 6.07) is 88.5. The van der Waals surface area contributed by atoms with E-state index in [4.69, 9.17) is 0 Å². The number of carbonyl (C=O) groups excluding carboxylic acids is 4. The van der Waals surface area contributed by atoms with Gasteiger partial charge in [0.25, 0.3) is 0 Å². The largest absolute Gasteiger partial charge is 0.288 e. The molecule has 0 N–H and O–H groups in total. The molecule has 4 aliphatic rings. The third kappa shape index (κ3) is 12.7. The number of carbonyl (C=O) groups is 4. The Bertz CT molecular complexity index is 5190. The molecule has 4 aromatic heterocycles. The number of aryl methyl sites for hydroxylation is 1. The fourth-order valence-corrected chi connectivity index (χ4v) is 14.5. The molecule has 0 spiro atoms. The fraction of sp³-hybridized carbons (Fsp3) is 0.0930. The third-order valence-corrected chi connectivity index (χ3v) is 20.4. The van der Waals surface area contributed by atoms with Gasteiger partial charge in [0, 0.05) is 68.8 Å². The lowest BCUT2D eigenvalue weighted by atomic mass is 9.99. The van der Waals surface area contributed by atoms with E-state index >= 15 is 0 Å². The van der Waals surface area contributed by atoms with Crippen molar-refractivity contribution in [1.82, 2.24) is 0 Å². The molecule has 9 aromatic carbocycles. The number of ketones is 4. The second kappa shape index (κ2) is 26.4. The van der Waals surface area contributed by atoms with Gasteiger partial charge in [-0.1, -0.05) is 219 Å². The lowest BCUT2D eigenvalue weighted by molar-refractivity contribution is -0.672. The predicted octanol–water partition coefficient (Wildman–Crippen LogP) is 15.6. The molecule has 17 rings (SSSR count). The highest BCUT2D eigenvalue weighted by atomic mass is 28.3. The van der Waals surface area contributed by atoms with E-state index in [9.17, 15) is 23.6 Å². The van der Waals surface area contributed by atoms with Crippen LogP contribution < -0.4 is 23.5 Å². The number of halogens is 1. The fourth-order valence-electron chi connectivity index (χ4n) is 13.3. The maximum atomic E-state index is 13.4. The smallest absolute Gasteiger partial charge is 0.213 e. The number of rotatable bonds is 10. The van der Waals surface area contributed by atoms with Gasteiger partial charge >= 0.3 is 0 Å². The molecule has 96 heavy (non-hydrogen) atoms. The van der Waals surface area contributed by atoms with E-state index in [0.717, 1.165) is 75.5 Å². The molecule has 0 fully saturated rings. The van der Waals surface area contributed by atoms with Crippen molar-refractivity contribution in [3.63, 3.8) is 0 Å². The van der Waals surface area contributed by atoms with Gasteiger partial charge in [-0.2, -0.15) is 18.3 Å². The number of pyridine rings is 4. The van der Waals surface area contributed by atoms with Crippen LogP contribution in [0.1, 0.15) is 91.5 Å². The number of fused-ring (bicyclic) bond motifs is 12. The SMILES string of the molecule is C[Si](C)(C)c1ccc2c(c1)C[n+]1cc(C(=O)c3ccccc3)ccc1-2.Cc1cccc2c1-c1ccc(C(=O)c3ccccc3)c[n+]1C2.O=C(c1ccccc1)c1ccc2[n+](c1)Cc1cc(F)ccc1-2.O=C(c1ccccc1)c1ccc2[n+](c1)Cc1ccc(-c3ccccc3)cc1-2. The molecule has 13 aromatic rings. The van der Waals surface area contributed by atoms with E-state index in [0.29, 0.717) is 17.7 Å². The summed E-state index contributed by atoms with van der Waals surface area (Å²) in [6.07, 6.45) is 7.80. The van der Waals surface area contributed by atoms with Crippen molar-refractivity contribution in [2.75, 3.05) is 0 Å². The van der Waals surface area contributed by atoms with Crippen molar-refractivity contribution in [2.24, 2.45) is 0 Å². The molecule has 0 saturated carbocycles. The zero-order valence-electron chi connectivity index (χ0n) is 53.9. The van der Waals surface area contributed by atoms with E-state index in [1.54, 1.807) is 12.1 Å². The number of hydrogen-bond acceptors (Lipinski definition) is 4. The molecule has 4 aliphatic heterocycles. The average Bonchev–Trinajstić information content (AvgIpc) is 1.64. The monoisotopic (exact) mass is 1270 g/mol. The first kappa shape index (κ1) is 61.9. The Morgan fingerprint density at radius 2 is 0.698 bits per heavy atom. The first-order chi connectivity index (χ1) is 46.7. The Morgan fingerprint density at radius 3 is 1.16 bits per heavy atom. The molecular formula is C86H69FN4O4Si+4. The Kier molecular flexibility index (Phi) is 17.0. The minimum absolute atomic E-state index is 0.00182. The van der Waals surface area contributed by atoms with Gasteiger partial charge in [-0.05, 0) is 78.2 Å². The standard InChI is InChI=1S/C25H18NO.C22H22NOSi.C20H16NO.C19H13FNO/c27-25(19-9-5-2-6-10-19)22-13-14-24-23-15-20(18-7-3-1-4-8-18)11-12-21(23)16-26(24)17-22;1-25(2,3)19-10-11-20-18(13-19)15-23-14-17(9-12-21(20)23)22(24)16-7-5-4-6-8-16;1-14-6-5-9-16-12-21-13-17(10-11-18(21)19(14)16)20(22)15-7-3-2-4-8-15;20-16-7-8-17-15(10-16)12-21-11-14(6-9-18(17)21)19(22)13-4-2-1-3-5-13/h1-15,17H,16H2;4-14H,15H2,1-3H3;2-11,13H,12H2,1H3;1-11H,12H2/q4*+1. The zero-order valence-corrected chi connectivity index (χ0v) is 54.9. The summed E-state index contributed by atoms with van der Waals surface area (Å²) < 4.78 is 21.9. The Balaban J connectivity index is 0.000000110. The predicted molar refractivity (Wildman–Crippen MR) is 377 cm³/mol. The van der Waals surface area contributed by atoms with Gasteiger partial charge in [0.05, 0.1) is 52.6 Å². The molecule has 0 amide bonds. The maximum absolute atomic E-state index is 13.4. The molecule has 10 heteroatoms. The minimum Gasteiger partial charge on any atom is -0.288 e. The summed E-state index contributed by atoms with van der Waals surface area (Å²) in [5.74, 6) is -0.0177. The lowest BCUT2D eigenvalue weighted by Gasteiger charge is -2.16. The summed E-state index contributed by atoms with van der Waals surface area (Å²) in [7, 11) is -1.32. The normalized spacial score (nSPS) is 12.0. The average molecular weight is 1270 g/mol. The zero-order chi connectivity index (χ0) is 66.0. The molecule has 0 radical (unpaired) electrons. The van der Waals surface area contributed by atoms with E-state index in [1.165, 1.54) is 72.7 Å². The van der Waals surface area contributed by atoms with Gasteiger partial charge in [0.2, 0.25) is 22.8 Å².